The average molecular weight is 314 g/mol. The van der Waals surface area contributed by atoms with Crippen molar-refractivity contribution in [3.63, 3.8) is 0 Å². The molecule has 0 saturated carbocycles. The van der Waals surface area contributed by atoms with Crippen LogP contribution in [0.4, 0.5) is 0 Å². The predicted molar refractivity (Wildman–Crippen MR) is 80.6 cm³/mol. The molecule has 1 atom stereocenters. The van der Waals surface area contributed by atoms with E-state index in [1.165, 1.54) is 0 Å². The summed E-state index contributed by atoms with van der Waals surface area (Å²) in [7, 11) is 0. The largest absolute Gasteiger partial charge is 0.491 e. The van der Waals surface area contributed by atoms with Crippen molar-refractivity contribution < 1.29 is 19.4 Å². The monoisotopic (exact) mass is 313 g/mol. The van der Waals surface area contributed by atoms with Gasteiger partial charge in [0.25, 0.3) is 0 Å². The molecule has 116 valence electrons. The van der Waals surface area contributed by atoms with E-state index < -0.39 is 11.4 Å². The number of ether oxygens (including phenoxy) is 1. The minimum atomic E-state index is -0.945. The summed E-state index contributed by atoms with van der Waals surface area (Å²) in [5.41, 5.74) is -0.945. The Morgan fingerprint density at radius 2 is 2.05 bits per heavy atom. The van der Waals surface area contributed by atoms with Crippen LogP contribution in [0.15, 0.2) is 24.3 Å². The standard InChI is InChI=1S/C15H20ClNO4/c1-3-15(2,14(19)20)10-17-13(18)8-9-21-12-7-5-4-6-11(12)16/h4-7H,3,8-10H2,1-2H3,(H,17,18)(H,19,20). The van der Waals surface area contributed by atoms with Gasteiger partial charge in [0, 0.05) is 6.54 Å². The molecule has 0 aromatic heterocycles. The van der Waals surface area contributed by atoms with Gasteiger partial charge < -0.3 is 15.2 Å². The highest BCUT2D eigenvalue weighted by Gasteiger charge is 2.31. The topological polar surface area (TPSA) is 75.6 Å². The molecule has 6 heteroatoms. The third-order valence-electron chi connectivity index (χ3n) is 3.40. The summed E-state index contributed by atoms with van der Waals surface area (Å²) in [6.07, 6.45) is 0.587. The molecule has 21 heavy (non-hydrogen) atoms. The maximum Gasteiger partial charge on any atom is 0.311 e. The first-order valence-electron chi connectivity index (χ1n) is 6.76. The normalized spacial score (nSPS) is 13.3. The van der Waals surface area contributed by atoms with Gasteiger partial charge in [0.2, 0.25) is 5.91 Å². The second-order valence-electron chi connectivity index (χ2n) is 5.02. The lowest BCUT2D eigenvalue weighted by Crippen LogP contribution is -2.40. The number of para-hydroxylation sites is 1. The Morgan fingerprint density at radius 3 is 2.62 bits per heavy atom. The van der Waals surface area contributed by atoms with Gasteiger partial charge in [0.15, 0.2) is 0 Å². The van der Waals surface area contributed by atoms with Crippen molar-refractivity contribution in [3.8, 4) is 5.75 Å². The van der Waals surface area contributed by atoms with Crippen LogP contribution >= 0.6 is 11.6 Å². The zero-order valence-corrected chi connectivity index (χ0v) is 12.9. The minimum absolute atomic E-state index is 0.101. The average Bonchev–Trinajstić information content (AvgIpc) is 2.46. The van der Waals surface area contributed by atoms with Crippen LogP contribution < -0.4 is 10.1 Å². The molecule has 0 radical (unpaired) electrons. The molecular weight excluding hydrogens is 294 g/mol. The van der Waals surface area contributed by atoms with Gasteiger partial charge in [0.05, 0.1) is 23.5 Å². The van der Waals surface area contributed by atoms with Crippen molar-refractivity contribution in [1.29, 1.82) is 0 Å². The number of carbonyl (C=O) groups is 2. The Hall–Kier alpha value is -1.75. The first-order valence-corrected chi connectivity index (χ1v) is 7.14. The molecular formula is C15H20ClNO4. The van der Waals surface area contributed by atoms with Gasteiger partial charge in [-0.1, -0.05) is 30.7 Å². The number of halogens is 1. The first kappa shape index (κ1) is 17.3. The van der Waals surface area contributed by atoms with E-state index in [1.807, 2.05) is 0 Å². The van der Waals surface area contributed by atoms with Gasteiger partial charge in [-0.25, -0.2) is 0 Å². The van der Waals surface area contributed by atoms with Crippen molar-refractivity contribution in [2.75, 3.05) is 13.2 Å². The number of rotatable bonds is 8. The minimum Gasteiger partial charge on any atom is -0.491 e. The number of hydrogen-bond donors (Lipinski definition) is 2. The van der Waals surface area contributed by atoms with Gasteiger partial charge in [-0.2, -0.15) is 0 Å². The van der Waals surface area contributed by atoms with Crippen molar-refractivity contribution >= 4 is 23.5 Å². The van der Waals surface area contributed by atoms with E-state index in [0.717, 1.165) is 0 Å². The van der Waals surface area contributed by atoms with Crippen molar-refractivity contribution in [2.45, 2.75) is 26.7 Å². The van der Waals surface area contributed by atoms with Crippen LogP contribution in [0.1, 0.15) is 26.7 Å². The Morgan fingerprint density at radius 1 is 1.38 bits per heavy atom. The molecule has 0 fully saturated rings. The molecule has 1 amide bonds. The summed E-state index contributed by atoms with van der Waals surface area (Å²) in [5, 5.41) is 12.2. The molecule has 5 nitrogen and oxygen atoms in total. The highest BCUT2D eigenvalue weighted by Crippen LogP contribution is 2.23. The summed E-state index contributed by atoms with van der Waals surface area (Å²) in [5.74, 6) is -0.642. The van der Waals surface area contributed by atoms with Gasteiger partial charge in [0.1, 0.15) is 5.75 Å². The molecule has 1 aromatic carbocycles. The molecule has 0 saturated heterocycles. The third kappa shape index (κ3) is 5.27. The molecule has 0 bridgehead atoms. The molecule has 0 aliphatic rings. The van der Waals surface area contributed by atoms with Crippen molar-refractivity contribution in [2.24, 2.45) is 5.41 Å². The predicted octanol–water partition coefficient (Wildman–Crippen LogP) is 2.73. The Labute approximate surface area is 129 Å². The molecule has 0 heterocycles. The highest BCUT2D eigenvalue weighted by atomic mass is 35.5. The lowest BCUT2D eigenvalue weighted by Gasteiger charge is -2.23. The van der Waals surface area contributed by atoms with Gasteiger partial charge in [-0.3, -0.25) is 9.59 Å². The van der Waals surface area contributed by atoms with E-state index in [2.05, 4.69) is 5.32 Å². The smallest absolute Gasteiger partial charge is 0.311 e. The number of aliphatic carboxylic acids is 1. The van der Waals surface area contributed by atoms with Crippen molar-refractivity contribution in [1.82, 2.24) is 5.32 Å². The fraction of sp³-hybridized carbons (Fsp3) is 0.467. The number of carboxylic acid groups (broad SMARTS) is 1. The SMILES string of the molecule is CCC(C)(CNC(=O)CCOc1ccccc1Cl)C(=O)O. The number of carbonyl (C=O) groups excluding carboxylic acids is 1. The van der Waals surface area contributed by atoms with Crippen LogP contribution in [0.3, 0.4) is 0 Å². The van der Waals surface area contributed by atoms with E-state index in [4.69, 9.17) is 21.4 Å². The number of benzene rings is 1. The van der Waals surface area contributed by atoms with E-state index in [-0.39, 0.29) is 25.5 Å². The summed E-state index contributed by atoms with van der Waals surface area (Å²) >= 11 is 5.92. The zero-order valence-electron chi connectivity index (χ0n) is 12.2. The lowest BCUT2D eigenvalue weighted by molar-refractivity contribution is -0.148. The molecule has 1 unspecified atom stereocenters. The van der Waals surface area contributed by atoms with E-state index in [9.17, 15) is 9.59 Å². The Bertz CT molecular complexity index is 506. The second kappa shape index (κ2) is 7.88. The molecule has 0 spiro atoms. The van der Waals surface area contributed by atoms with Gasteiger partial charge in [-0.15, -0.1) is 0 Å². The number of amides is 1. The van der Waals surface area contributed by atoms with Crippen LogP contribution in [-0.4, -0.2) is 30.1 Å². The van der Waals surface area contributed by atoms with Gasteiger partial charge in [-0.05, 0) is 25.5 Å². The van der Waals surface area contributed by atoms with E-state index in [0.29, 0.717) is 17.2 Å². The maximum atomic E-state index is 11.7. The van der Waals surface area contributed by atoms with E-state index >= 15 is 0 Å². The number of nitrogens with one attached hydrogen (secondary N) is 1. The Balaban J connectivity index is 2.35. The quantitative estimate of drug-likeness (QED) is 0.773. The summed E-state index contributed by atoms with van der Waals surface area (Å²) in [6, 6.07) is 7.01. The second-order valence-corrected chi connectivity index (χ2v) is 5.43. The van der Waals surface area contributed by atoms with Crippen LogP contribution in [0.5, 0.6) is 5.75 Å². The van der Waals surface area contributed by atoms with Crippen LogP contribution in [-0.2, 0) is 9.59 Å². The van der Waals surface area contributed by atoms with Gasteiger partial charge >= 0.3 is 5.97 Å². The Kier molecular flexibility index (Phi) is 6.49. The molecule has 1 aromatic rings. The maximum absolute atomic E-state index is 11.7. The lowest BCUT2D eigenvalue weighted by atomic mass is 9.88. The van der Waals surface area contributed by atoms with E-state index in [1.54, 1.807) is 38.1 Å². The van der Waals surface area contributed by atoms with Crippen molar-refractivity contribution in [3.05, 3.63) is 29.3 Å². The molecule has 0 aliphatic heterocycles. The molecule has 0 aliphatic carbocycles. The number of hydrogen-bond acceptors (Lipinski definition) is 3. The molecule has 2 N–H and O–H groups in total. The first-order chi connectivity index (χ1) is 9.89. The fourth-order valence-electron chi connectivity index (χ4n) is 1.55. The summed E-state index contributed by atoms with van der Waals surface area (Å²) < 4.78 is 5.40. The van der Waals surface area contributed by atoms with Crippen LogP contribution in [0.2, 0.25) is 5.02 Å². The fourth-order valence-corrected chi connectivity index (χ4v) is 1.74. The summed E-state index contributed by atoms with van der Waals surface area (Å²) in [6.45, 7) is 3.67. The number of carboxylic acids is 1. The van der Waals surface area contributed by atoms with Crippen LogP contribution in [0.25, 0.3) is 0 Å². The highest BCUT2D eigenvalue weighted by molar-refractivity contribution is 6.32. The zero-order chi connectivity index (χ0) is 15.9. The molecule has 1 rings (SSSR count). The van der Waals surface area contributed by atoms with Crippen LogP contribution in [0, 0.1) is 5.41 Å². The third-order valence-corrected chi connectivity index (χ3v) is 3.71. The summed E-state index contributed by atoms with van der Waals surface area (Å²) in [4.78, 5) is 22.8.